The largest absolute Gasteiger partial charge is 0.508 e. The monoisotopic (exact) mass is 413 g/mol. The van der Waals surface area contributed by atoms with Crippen molar-refractivity contribution >= 4 is 46.4 Å². The first kappa shape index (κ1) is 20.8. The van der Waals surface area contributed by atoms with Gasteiger partial charge in [-0.05, 0) is 25.1 Å². The van der Waals surface area contributed by atoms with E-state index in [1.165, 1.54) is 25.6 Å². The van der Waals surface area contributed by atoms with Crippen molar-refractivity contribution in [3.8, 4) is 17.2 Å². The summed E-state index contributed by atoms with van der Waals surface area (Å²) in [6, 6.07) is 5.90. The maximum atomic E-state index is 14.2. The van der Waals surface area contributed by atoms with Gasteiger partial charge in [0.25, 0.3) is 0 Å². The van der Waals surface area contributed by atoms with Crippen LogP contribution in [0, 0.1) is 12.7 Å². The van der Waals surface area contributed by atoms with Crippen LogP contribution in [0.2, 0.25) is 0 Å². The highest BCUT2D eigenvalue weighted by molar-refractivity contribution is 6.18. The highest BCUT2D eigenvalue weighted by Gasteiger charge is 2.15. The molecule has 2 N–H and O–H groups in total. The number of benzene rings is 2. The highest BCUT2D eigenvalue weighted by atomic mass is 35.5. The van der Waals surface area contributed by atoms with Crippen molar-refractivity contribution in [1.29, 1.82) is 0 Å². The Morgan fingerprint density at radius 1 is 1.22 bits per heavy atom. The zero-order chi connectivity index (χ0) is 18.7. The second-order valence-corrected chi connectivity index (χ2v) is 5.85. The quantitative estimate of drug-likeness (QED) is 0.576. The molecule has 2 aromatic carbocycles. The molecule has 0 saturated heterocycles. The Morgan fingerprint density at radius 3 is 2.70 bits per heavy atom. The van der Waals surface area contributed by atoms with Gasteiger partial charge in [-0.2, -0.15) is 0 Å². The average Bonchev–Trinajstić information content (AvgIpc) is 2.65. The van der Waals surface area contributed by atoms with Crippen LogP contribution in [0.1, 0.15) is 5.56 Å². The number of methoxy groups -OCH3 is 1. The van der Waals surface area contributed by atoms with Crippen LogP contribution in [-0.4, -0.2) is 34.7 Å². The molecule has 0 radical (unpaired) electrons. The molecule has 0 atom stereocenters. The molecule has 0 aliphatic heterocycles. The van der Waals surface area contributed by atoms with Crippen LogP contribution in [0.5, 0.6) is 17.2 Å². The molecule has 0 aliphatic carbocycles. The summed E-state index contributed by atoms with van der Waals surface area (Å²) in [7, 11) is 1.52. The molecule has 6 nitrogen and oxygen atoms in total. The van der Waals surface area contributed by atoms with Crippen LogP contribution < -0.4 is 14.8 Å². The predicted octanol–water partition coefficient (Wildman–Crippen LogP) is 4.57. The van der Waals surface area contributed by atoms with E-state index in [2.05, 4.69) is 15.3 Å². The Balaban J connectivity index is 0.00000261. The summed E-state index contributed by atoms with van der Waals surface area (Å²) < 4.78 is 25.1. The van der Waals surface area contributed by atoms with E-state index in [1.54, 1.807) is 19.1 Å². The zero-order valence-corrected chi connectivity index (χ0v) is 16.2. The van der Waals surface area contributed by atoms with Crippen molar-refractivity contribution in [3.05, 3.63) is 42.0 Å². The maximum absolute atomic E-state index is 14.2. The third-order valence-corrected chi connectivity index (χ3v) is 4.04. The van der Waals surface area contributed by atoms with Crippen LogP contribution >= 0.6 is 24.0 Å². The number of nitrogens with zero attached hydrogens (tertiary/aromatic N) is 2. The van der Waals surface area contributed by atoms with Crippen molar-refractivity contribution in [2.75, 3.05) is 24.9 Å². The summed E-state index contributed by atoms with van der Waals surface area (Å²) in [5.74, 6) is 1.19. The molecule has 27 heavy (non-hydrogen) atoms. The minimum atomic E-state index is -0.499. The number of nitrogens with one attached hydrogen (secondary N) is 1. The van der Waals surface area contributed by atoms with Gasteiger partial charge in [-0.1, -0.05) is 0 Å². The summed E-state index contributed by atoms with van der Waals surface area (Å²) in [4.78, 5) is 8.42. The van der Waals surface area contributed by atoms with Crippen LogP contribution in [0.4, 0.5) is 15.9 Å². The summed E-state index contributed by atoms with van der Waals surface area (Å²) in [5.41, 5.74) is 1.11. The standard InChI is InChI=1S/C18H17ClFN3O3.ClH/c1-10-14(24)4-3-12(20)17(10)23-18-11-7-15(25-2)16(26-6-5-19)8-13(11)21-9-22-18;/h3-4,7-9,24H,5-6H2,1-2H3,(H,21,22,23);1H. The fraction of sp³-hybridized carbons (Fsp3) is 0.222. The summed E-state index contributed by atoms with van der Waals surface area (Å²) in [5, 5.41) is 13.4. The number of phenols is 1. The fourth-order valence-electron chi connectivity index (χ4n) is 2.52. The maximum Gasteiger partial charge on any atom is 0.163 e. The summed E-state index contributed by atoms with van der Waals surface area (Å²) >= 11 is 5.67. The number of phenolic OH excluding ortho intramolecular Hbond substituents is 1. The van der Waals surface area contributed by atoms with E-state index in [-0.39, 0.29) is 23.8 Å². The number of fused-ring (bicyclic) bond motifs is 1. The van der Waals surface area contributed by atoms with E-state index in [1.807, 2.05) is 0 Å². The normalized spacial score (nSPS) is 10.4. The molecule has 1 aromatic heterocycles. The number of aromatic hydroxyl groups is 1. The number of aromatic nitrogens is 2. The number of rotatable bonds is 6. The Hall–Kier alpha value is -2.51. The number of halogens is 3. The second kappa shape index (κ2) is 8.92. The van der Waals surface area contributed by atoms with E-state index in [0.717, 1.165) is 0 Å². The van der Waals surface area contributed by atoms with Crippen LogP contribution in [0.15, 0.2) is 30.6 Å². The first-order valence-electron chi connectivity index (χ1n) is 7.81. The van der Waals surface area contributed by atoms with Gasteiger partial charge in [-0.3, -0.25) is 0 Å². The molecular formula is C18H18Cl2FN3O3. The second-order valence-electron chi connectivity index (χ2n) is 5.47. The van der Waals surface area contributed by atoms with Gasteiger partial charge in [-0.15, -0.1) is 24.0 Å². The van der Waals surface area contributed by atoms with E-state index < -0.39 is 5.82 Å². The van der Waals surface area contributed by atoms with Crippen molar-refractivity contribution in [2.45, 2.75) is 6.92 Å². The predicted molar refractivity (Wildman–Crippen MR) is 106 cm³/mol. The average molecular weight is 414 g/mol. The summed E-state index contributed by atoms with van der Waals surface area (Å²) in [6.07, 6.45) is 1.36. The minimum Gasteiger partial charge on any atom is -0.508 e. The first-order valence-corrected chi connectivity index (χ1v) is 8.35. The topological polar surface area (TPSA) is 76.5 Å². The molecule has 0 saturated carbocycles. The molecular weight excluding hydrogens is 396 g/mol. The molecule has 144 valence electrons. The van der Waals surface area contributed by atoms with Gasteiger partial charge >= 0.3 is 0 Å². The van der Waals surface area contributed by atoms with Crippen LogP contribution in [0.25, 0.3) is 10.9 Å². The lowest BCUT2D eigenvalue weighted by atomic mass is 10.1. The van der Waals surface area contributed by atoms with E-state index in [0.29, 0.717) is 46.3 Å². The molecule has 3 rings (SSSR count). The molecule has 1 heterocycles. The molecule has 0 spiro atoms. The molecule has 0 bridgehead atoms. The van der Waals surface area contributed by atoms with Gasteiger partial charge in [-0.25, -0.2) is 14.4 Å². The van der Waals surface area contributed by atoms with E-state index >= 15 is 0 Å². The Bertz CT molecular complexity index is 957. The Morgan fingerprint density at radius 2 is 2.00 bits per heavy atom. The van der Waals surface area contributed by atoms with Gasteiger partial charge < -0.3 is 19.9 Å². The lowest BCUT2D eigenvalue weighted by Crippen LogP contribution is -2.03. The number of alkyl halides is 1. The molecule has 0 fully saturated rings. The Kier molecular flexibility index (Phi) is 6.87. The molecule has 3 aromatic rings. The highest BCUT2D eigenvalue weighted by Crippen LogP contribution is 2.36. The lowest BCUT2D eigenvalue weighted by Gasteiger charge is -2.15. The molecule has 9 heteroatoms. The smallest absolute Gasteiger partial charge is 0.163 e. The van der Waals surface area contributed by atoms with Gasteiger partial charge in [0.1, 0.15) is 30.3 Å². The van der Waals surface area contributed by atoms with Gasteiger partial charge in [0.2, 0.25) is 0 Å². The van der Waals surface area contributed by atoms with Crippen molar-refractivity contribution in [2.24, 2.45) is 0 Å². The fourth-order valence-corrected chi connectivity index (χ4v) is 2.60. The Labute approximate surface area is 166 Å². The van der Waals surface area contributed by atoms with Crippen LogP contribution in [-0.2, 0) is 0 Å². The SMILES string of the molecule is COc1cc2c(Nc3c(F)ccc(O)c3C)ncnc2cc1OCCCl.Cl. The van der Waals surface area contributed by atoms with Crippen molar-refractivity contribution in [3.63, 3.8) is 0 Å². The molecule has 0 unspecified atom stereocenters. The minimum absolute atomic E-state index is 0. The molecule has 0 aliphatic rings. The number of ether oxygens (including phenoxy) is 2. The number of hydrogen-bond acceptors (Lipinski definition) is 6. The van der Waals surface area contributed by atoms with Crippen molar-refractivity contribution in [1.82, 2.24) is 9.97 Å². The third-order valence-electron chi connectivity index (χ3n) is 3.88. The van der Waals surface area contributed by atoms with Gasteiger partial charge in [0.15, 0.2) is 11.5 Å². The lowest BCUT2D eigenvalue weighted by molar-refractivity contribution is 0.313. The van der Waals surface area contributed by atoms with Gasteiger partial charge in [0.05, 0.1) is 24.2 Å². The van der Waals surface area contributed by atoms with Crippen molar-refractivity contribution < 1.29 is 19.0 Å². The zero-order valence-electron chi connectivity index (χ0n) is 14.6. The van der Waals surface area contributed by atoms with Gasteiger partial charge in [0, 0.05) is 17.0 Å². The third kappa shape index (κ3) is 4.26. The molecule has 0 amide bonds. The first-order chi connectivity index (χ1) is 12.5. The summed E-state index contributed by atoms with van der Waals surface area (Å²) in [6.45, 7) is 1.94. The number of hydrogen-bond donors (Lipinski definition) is 2. The van der Waals surface area contributed by atoms with E-state index in [4.69, 9.17) is 21.1 Å². The van der Waals surface area contributed by atoms with Crippen LogP contribution in [0.3, 0.4) is 0 Å². The van der Waals surface area contributed by atoms with E-state index in [9.17, 15) is 9.50 Å². The number of anilines is 2.